The van der Waals surface area contributed by atoms with Gasteiger partial charge in [-0.15, -0.1) is 11.3 Å². The number of carbonyl (C=O) groups excluding carboxylic acids is 2. The number of ether oxygens (including phenoxy) is 1. The van der Waals surface area contributed by atoms with E-state index < -0.39 is 0 Å². The molecule has 2 aromatic carbocycles. The van der Waals surface area contributed by atoms with Gasteiger partial charge in [-0.05, 0) is 41.3 Å². The van der Waals surface area contributed by atoms with E-state index in [9.17, 15) is 14.0 Å². The van der Waals surface area contributed by atoms with Crippen LogP contribution in [0.1, 0.15) is 25.6 Å². The van der Waals surface area contributed by atoms with Crippen LogP contribution in [-0.4, -0.2) is 62.0 Å². The van der Waals surface area contributed by atoms with E-state index in [1.165, 1.54) is 29.4 Å². The summed E-state index contributed by atoms with van der Waals surface area (Å²) in [7, 11) is 3.14. The van der Waals surface area contributed by atoms with Gasteiger partial charge in [0.1, 0.15) is 0 Å². The zero-order valence-electron chi connectivity index (χ0n) is 18.7. The minimum atomic E-state index is -0.373. The van der Waals surface area contributed by atoms with Gasteiger partial charge in [-0.3, -0.25) is 14.5 Å². The predicted molar refractivity (Wildman–Crippen MR) is 128 cm³/mol. The second-order valence-corrected chi connectivity index (χ2v) is 8.84. The summed E-state index contributed by atoms with van der Waals surface area (Å²) in [4.78, 5) is 32.3. The van der Waals surface area contributed by atoms with Gasteiger partial charge in [0.25, 0.3) is 11.8 Å². The second-order valence-electron chi connectivity index (χ2n) is 7.90. The van der Waals surface area contributed by atoms with Crippen molar-refractivity contribution in [2.75, 3.05) is 45.2 Å². The normalized spacial score (nSPS) is 14.2. The highest BCUT2D eigenvalue weighted by molar-refractivity contribution is 7.12. The number of piperazine rings is 1. The van der Waals surface area contributed by atoms with Crippen LogP contribution in [0.3, 0.4) is 0 Å². The first-order valence-electron chi connectivity index (χ1n) is 10.7. The molecule has 1 aliphatic heterocycles. The Morgan fingerprint density at radius 1 is 1.06 bits per heavy atom. The number of halogens is 1. The number of amides is 2. The van der Waals surface area contributed by atoms with Gasteiger partial charge in [0.2, 0.25) is 0 Å². The van der Waals surface area contributed by atoms with Crippen molar-refractivity contribution >= 4 is 28.8 Å². The third-order valence-electron chi connectivity index (χ3n) is 5.81. The standard InChI is InChI=1S/C25H26FN3O3S/c1-27(25(31)23-8-5-15-33-23)21-7-4-3-6-19(21)24(30)29-13-11-28(12-14-29)17-18-9-10-22(32-2)20(26)16-18/h3-10,15-16H,11-14,17H2,1-2H3. The summed E-state index contributed by atoms with van der Waals surface area (Å²) in [6, 6.07) is 15.8. The summed E-state index contributed by atoms with van der Waals surface area (Å²) >= 11 is 1.38. The number of nitrogens with zero attached hydrogens (tertiary/aromatic N) is 3. The SMILES string of the molecule is COc1ccc(CN2CCN(C(=O)c3ccccc3N(C)C(=O)c3cccs3)CC2)cc1F. The summed E-state index contributed by atoms with van der Waals surface area (Å²) in [5.41, 5.74) is 1.97. The van der Waals surface area contributed by atoms with Crippen LogP contribution in [0.25, 0.3) is 0 Å². The number of hydrogen-bond acceptors (Lipinski definition) is 5. The first kappa shape index (κ1) is 22.9. The molecule has 0 aliphatic carbocycles. The van der Waals surface area contributed by atoms with Crippen molar-refractivity contribution in [3.63, 3.8) is 0 Å². The molecule has 0 atom stereocenters. The Balaban J connectivity index is 1.41. The molecule has 0 bridgehead atoms. The Morgan fingerprint density at radius 2 is 1.82 bits per heavy atom. The van der Waals surface area contributed by atoms with E-state index in [0.29, 0.717) is 48.9 Å². The summed E-state index contributed by atoms with van der Waals surface area (Å²) in [6.07, 6.45) is 0. The molecule has 0 radical (unpaired) electrons. The minimum absolute atomic E-state index is 0.0911. The van der Waals surface area contributed by atoms with Crippen molar-refractivity contribution in [1.29, 1.82) is 0 Å². The maximum absolute atomic E-state index is 14.0. The van der Waals surface area contributed by atoms with E-state index in [1.54, 1.807) is 31.3 Å². The molecule has 1 aliphatic rings. The summed E-state index contributed by atoms with van der Waals surface area (Å²) in [6.45, 7) is 3.11. The molecular weight excluding hydrogens is 441 g/mol. The number of methoxy groups -OCH3 is 1. The maximum Gasteiger partial charge on any atom is 0.268 e. The minimum Gasteiger partial charge on any atom is -0.494 e. The van der Waals surface area contributed by atoms with Crippen LogP contribution in [-0.2, 0) is 6.54 Å². The highest BCUT2D eigenvalue weighted by Gasteiger charge is 2.26. The summed E-state index contributed by atoms with van der Waals surface area (Å²) in [5, 5.41) is 1.86. The van der Waals surface area contributed by atoms with Crippen LogP contribution >= 0.6 is 11.3 Å². The van der Waals surface area contributed by atoms with Gasteiger partial charge in [-0.25, -0.2) is 4.39 Å². The topological polar surface area (TPSA) is 53.1 Å². The third-order valence-corrected chi connectivity index (χ3v) is 6.67. The molecule has 0 saturated carbocycles. The third kappa shape index (κ3) is 5.07. The Bertz CT molecular complexity index is 1130. The van der Waals surface area contributed by atoms with E-state index in [1.807, 2.05) is 34.5 Å². The number of thiophene rings is 1. The highest BCUT2D eigenvalue weighted by atomic mass is 32.1. The van der Waals surface area contributed by atoms with Crippen molar-refractivity contribution in [2.24, 2.45) is 0 Å². The molecule has 172 valence electrons. The quantitative estimate of drug-likeness (QED) is 0.547. The summed E-state index contributed by atoms with van der Waals surface area (Å²) in [5.74, 6) is -0.370. The van der Waals surface area contributed by atoms with E-state index >= 15 is 0 Å². The first-order chi connectivity index (χ1) is 16.0. The van der Waals surface area contributed by atoms with Gasteiger partial charge in [0, 0.05) is 39.8 Å². The first-order valence-corrected chi connectivity index (χ1v) is 11.6. The smallest absolute Gasteiger partial charge is 0.268 e. The van der Waals surface area contributed by atoms with Gasteiger partial charge in [-0.2, -0.15) is 0 Å². The average Bonchev–Trinajstić information content (AvgIpc) is 3.38. The van der Waals surface area contributed by atoms with Gasteiger partial charge < -0.3 is 14.5 Å². The molecule has 1 aromatic heterocycles. The van der Waals surface area contributed by atoms with Crippen LogP contribution in [0.5, 0.6) is 5.75 Å². The zero-order valence-corrected chi connectivity index (χ0v) is 19.5. The van der Waals surface area contributed by atoms with Crippen LogP contribution in [0.4, 0.5) is 10.1 Å². The molecule has 33 heavy (non-hydrogen) atoms. The number of benzene rings is 2. The van der Waals surface area contributed by atoms with Crippen LogP contribution in [0.2, 0.25) is 0 Å². The Morgan fingerprint density at radius 3 is 2.48 bits per heavy atom. The highest BCUT2D eigenvalue weighted by Crippen LogP contribution is 2.25. The predicted octanol–water partition coefficient (Wildman–Crippen LogP) is 4.13. The van der Waals surface area contributed by atoms with Crippen molar-refractivity contribution in [2.45, 2.75) is 6.54 Å². The Labute approximate surface area is 196 Å². The van der Waals surface area contributed by atoms with Gasteiger partial charge in [0.15, 0.2) is 11.6 Å². The molecule has 0 N–H and O–H groups in total. The fourth-order valence-electron chi connectivity index (χ4n) is 3.97. The molecule has 0 spiro atoms. The van der Waals surface area contributed by atoms with E-state index in [2.05, 4.69) is 4.90 Å². The molecule has 2 heterocycles. The fourth-order valence-corrected chi connectivity index (χ4v) is 4.67. The van der Waals surface area contributed by atoms with E-state index in [-0.39, 0.29) is 23.4 Å². The molecular formula is C25H26FN3O3S. The fraction of sp³-hybridized carbons (Fsp3) is 0.280. The van der Waals surface area contributed by atoms with E-state index in [0.717, 1.165) is 5.56 Å². The zero-order chi connectivity index (χ0) is 23.4. The Kier molecular flexibility index (Phi) is 7.05. The van der Waals surface area contributed by atoms with Crippen molar-refractivity contribution in [3.05, 3.63) is 81.8 Å². The van der Waals surface area contributed by atoms with Crippen molar-refractivity contribution < 1.29 is 18.7 Å². The van der Waals surface area contributed by atoms with Gasteiger partial charge in [0.05, 0.1) is 23.2 Å². The summed E-state index contributed by atoms with van der Waals surface area (Å²) < 4.78 is 19.0. The largest absolute Gasteiger partial charge is 0.494 e. The second kappa shape index (κ2) is 10.1. The molecule has 1 fully saturated rings. The lowest BCUT2D eigenvalue weighted by atomic mass is 10.1. The van der Waals surface area contributed by atoms with Crippen LogP contribution in [0, 0.1) is 5.82 Å². The van der Waals surface area contributed by atoms with Gasteiger partial charge in [-0.1, -0.05) is 24.3 Å². The monoisotopic (exact) mass is 467 g/mol. The van der Waals surface area contributed by atoms with Crippen LogP contribution < -0.4 is 9.64 Å². The molecule has 4 rings (SSSR count). The lowest BCUT2D eigenvalue weighted by Gasteiger charge is -2.35. The lowest BCUT2D eigenvalue weighted by Crippen LogP contribution is -2.48. The van der Waals surface area contributed by atoms with Crippen molar-refractivity contribution in [3.8, 4) is 5.75 Å². The number of para-hydroxylation sites is 1. The number of carbonyl (C=O) groups is 2. The Hall–Kier alpha value is -3.23. The number of hydrogen-bond donors (Lipinski definition) is 0. The molecule has 0 unspecified atom stereocenters. The molecule has 6 nitrogen and oxygen atoms in total. The van der Waals surface area contributed by atoms with Gasteiger partial charge >= 0.3 is 0 Å². The lowest BCUT2D eigenvalue weighted by molar-refractivity contribution is 0.0629. The number of anilines is 1. The number of rotatable bonds is 6. The molecule has 1 saturated heterocycles. The molecule has 2 amide bonds. The molecule has 8 heteroatoms. The van der Waals surface area contributed by atoms with Crippen molar-refractivity contribution in [1.82, 2.24) is 9.80 Å². The molecule has 3 aromatic rings. The van der Waals surface area contributed by atoms with E-state index in [4.69, 9.17) is 4.74 Å². The van der Waals surface area contributed by atoms with Crippen LogP contribution in [0.15, 0.2) is 60.0 Å². The maximum atomic E-state index is 14.0. The average molecular weight is 468 g/mol.